The SMILES string of the molecule is Cc1sc(Oc2ccc(C#N)cc2)c2c1CCC(=CN)C2=S. The van der Waals surface area contributed by atoms with Gasteiger partial charge in [0.25, 0.3) is 0 Å². The number of thiophene rings is 1. The zero-order chi connectivity index (χ0) is 15.7. The third kappa shape index (κ3) is 2.52. The molecule has 3 rings (SSSR count). The topological polar surface area (TPSA) is 59.0 Å². The number of thiocarbonyl (C=S) groups is 1. The van der Waals surface area contributed by atoms with Crippen molar-refractivity contribution in [1.29, 1.82) is 5.26 Å². The smallest absolute Gasteiger partial charge is 0.190 e. The Labute approximate surface area is 138 Å². The summed E-state index contributed by atoms with van der Waals surface area (Å²) in [4.78, 5) is 2.02. The molecule has 1 aromatic carbocycles. The number of benzene rings is 1. The fourth-order valence-corrected chi connectivity index (χ4v) is 4.07. The maximum absolute atomic E-state index is 8.85. The summed E-state index contributed by atoms with van der Waals surface area (Å²) in [5.74, 6) is 0.703. The Balaban J connectivity index is 1.98. The molecule has 0 amide bonds. The predicted octanol–water partition coefficient (Wildman–Crippen LogP) is 4.23. The molecule has 0 aliphatic heterocycles. The molecule has 2 aromatic rings. The quantitative estimate of drug-likeness (QED) is 0.663. The molecule has 0 bridgehead atoms. The second-order valence-electron chi connectivity index (χ2n) is 5.06. The monoisotopic (exact) mass is 326 g/mol. The molecule has 1 aliphatic rings. The van der Waals surface area contributed by atoms with Crippen molar-refractivity contribution < 1.29 is 4.74 Å². The first-order chi connectivity index (χ1) is 10.6. The van der Waals surface area contributed by atoms with Crippen molar-refractivity contribution in [2.24, 2.45) is 5.73 Å². The molecule has 0 spiro atoms. The van der Waals surface area contributed by atoms with E-state index < -0.39 is 0 Å². The number of nitrogens with zero attached hydrogens (tertiary/aromatic N) is 1. The van der Waals surface area contributed by atoms with Crippen molar-refractivity contribution in [2.75, 3.05) is 0 Å². The molecule has 0 saturated heterocycles. The number of fused-ring (bicyclic) bond motifs is 1. The van der Waals surface area contributed by atoms with E-state index in [0.717, 1.165) is 33.9 Å². The summed E-state index contributed by atoms with van der Waals surface area (Å²) >= 11 is 7.18. The van der Waals surface area contributed by atoms with Crippen LogP contribution in [0.5, 0.6) is 10.8 Å². The molecule has 2 N–H and O–H groups in total. The van der Waals surface area contributed by atoms with E-state index in [2.05, 4.69) is 13.0 Å². The lowest BCUT2D eigenvalue weighted by Gasteiger charge is -2.18. The maximum atomic E-state index is 8.85. The second-order valence-corrected chi connectivity index (χ2v) is 6.65. The zero-order valence-electron chi connectivity index (χ0n) is 12.1. The third-order valence-corrected chi connectivity index (χ3v) is 5.23. The number of ether oxygens (including phenoxy) is 1. The van der Waals surface area contributed by atoms with E-state index in [1.165, 1.54) is 10.4 Å². The van der Waals surface area contributed by atoms with Crippen molar-refractivity contribution >= 4 is 28.4 Å². The number of nitriles is 1. The average Bonchev–Trinajstić information content (AvgIpc) is 2.85. The summed E-state index contributed by atoms with van der Waals surface area (Å²) in [5.41, 5.74) is 9.56. The first-order valence-electron chi connectivity index (χ1n) is 6.89. The van der Waals surface area contributed by atoms with E-state index in [-0.39, 0.29) is 0 Å². The van der Waals surface area contributed by atoms with Gasteiger partial charge in [0, 0.05) is 4.88 Å². The molecular weight excluding hydrogens is 312 g/mol. The van der Waals surface area contributed by atoms with Gasteiger partial charge in [-0.3, -0.25) is 0 Å². The van der Waals surface area contributed by atoms with Crippen molar-refractivity contribution in [3.8, 4) is 16.9 Å². The van der Waals surface area contributed by atoms with Crippen LogP contribution in [0, 0.1) is 18.3 Å². The summed E-state index contributed by atoms with van der Waals surface area (Å²) in [6, 6.07) is 9.18. The fraction of sp³-hybridized carbons (Fsp3) is 0.176. The molecule has 0 saturated carbocycles. The van der Waals surface area contributed by atoms with Crippen molar-refractivity contribution in [3.05, 3.63) is 57.6 Å². The summed E-state index contributed by atoms with van der Waals surface area (Å²) < 4.78 is 6.01. The summed E-state index contributed by atoms with van der Waals surface area (Å²) in [6.07, 6.45) is 3.43. The third-order valence-electron chi connectivity index (χ3n) is 3.73. The van der Waals surface area contributed by atoms with Crippen LogP contribution >= 0.6 is 23.6 Å². The van der Waals surface area contributed by atoms with Crippen LogP contribution in [0.25, 0.3) is 0 Å². The molecule has 3 nitrogen and oxygen atoms in total. The normalized spacial score (nSPS) is 15.5. The summed E-state index contributed by atoms with van der Waals surface area (Å²) in [5, 5.41) is 9.65. The summed E-state index contributed by atoms with van der Waals surface area (Å²) in [7, 11) is 0. The van der Waals surface area contributed by atoms with Gasteiger partial charge in [0.1, 0.15) is 5.75 Å². The molecule has 1 aromatic heterocycles. The summed E-state index contributed by atoms with van der Waals surface area (Å²) in [6.45, 7) is 2.09. The van der Waals surface area contributed by atoms with Gasteiger partial charge in [0.15, 0.2) is 5.06 Å². The van der Waals surface area contributed by atoms with Crippen LogP contribution in [0.1, 0.15) is 28.0 Å². The fourth-order valence-electron chi connectivity index (χ4n) is 2.55. The number of rotatable bonds is 2. The van der Waals surface area contributed by atoms with Crippen LogP contribution in [0.15, 0.2) is 36.0 Å². The van der Waals surface area contributed by atoms with Gasteiger partial charge < -0.3 is 10.5 Å². The van der Waals surface area contributed by atoms with Gasteiger partial charge in [-0.25, -0.2) is 0 Å². The Bertz CT molecular complexity index is 810. The van der Waals surface area contributed by atoms with Crippen molar-refractivity contribution in [3.63, 3.8) is 0 Å². The number of aryl methyl sites for hydroxylation is 1. The van der Waals surface area contributed by atoms with Gasteiger partial charge in [0.2, 0.25) is 0 Å². The Kier molecular flexibility index (Phi) is 3.97. The largest absolute Gasteiger partial charge is 0.446 e. The number of hydrogen-bond acceptors (Lipinski definition) is 5. The molecule has 22 heavy (non-hydrogen) atoms. The lowest BCUT2D eigenvalue weighted by molar-refractivity contribution is 0.495. The maximum Gasteiger partial charge on any atom is 0.190 e. The lowest BCUT2D eigenvalue weighted by Crippen LogP contribution is -2.13. The number of allylic oxidation sites excluding steroid dienone is 1. The average molecular weight is 326 g/mol. The highest BCUT2D eigenvalue weighted by Gasteiger charge is 2.27. The molecule has 0 unspecified atom stereocenters. The molecule has 1 aliphatic carbocycles. The standard InChI is InChI=1S/C17H14N2OS2/c1-10-14-7-4-12(9-19)16(21)15(14)17(22-10)20-13-5-2-11(8-18)3-6-13/h2-3,5-6,9H,4,7,19H2,1H3. The van der Waals surface area contributed by atoms with Crippen LogP contribution in [0.3, 0.4) is 0 Å². The minimum Gasteiger partial charge on any atom is -0.446 e. The minimum atomic E-state index is 0.612. The van der Waals surface area contributed by atoms with Crippen molar-refractivity contribution in [1.82, 2.24) is 0 Å². The van der Waals surface area contributed by atoms with E-state index in [9.17, 15) is 0 Å². The second kappa shape index (κ2) is 5.91. The van der Waals surface area contributed by atoms with Gasteiger partial charge in [-0.05, 0) is 61.4 Å². The van der Waals surface area contributed by atoms with Crippen LogP contribution < -0.4 is 10.5 Å². The van der Waals surface area contributed by atoms with Crippen LogP contribution in [-0.2, 0) is 6.42 Å². The van der Waals surface area contributed by atoms with Crippen LogP contribution in [0.4, 0.5) is 0 Å². The van der Waals surface area contributed by atoms with Gasteiger partial charge >= 0.3 is 0 Å². The van der Waals surface area contributed by atoms with E-state index in [1.54, 1.807) is 41.8 Å². The Hall–Kier alpha value is -2.16. The highest BCUT2D eigenvalue weighted by Crippen LogP contribution is 2.43. The Morgan fingerprint density at radius 2 is 2.05 bits per heavy atom. The molecule has 5 heteroatoms. The van der Waals surface area contributed by atoms with E-state index in [4.69, 9.17) is 28.0 Å². The lowest BCUT2D eigenvalue weighted by atomic mass is 9.90. The molecular formula is C17H14N2OS2. The van der Waals surface area contributed by atoms with Gasteiger partial charge in [-0.15, -0.1) is 11.3 Å². The van der Waals surface area contributed by atoms with Crippen LogP contribution in [-0.4, -0.2) is 4.86 Å². The van der Waals surface area contributed by atoms with Gasteiger partial charge in [-0.1, -0.05) is 12.2 Å². The molecule has 0 fully saturated rings. The Morgan fingerprint density at radius 1 is 1.32 bits per heavy atom. The van der Waals surface area contributed by atoms with E-state index in [0.29, 0.717) is 11.3 Å². The Morgan fingerprint density at radius 3 is 2.68 bits per heavy atom. The molecule has 0 radical (unpaired) electrons. The minimum absolute atomic E-state index is 0.612. The number of hydrogen-bond donors (Lipinski definition) is 1. The first kappa shape index (κ1) is 14.8. The zero-order valence-corrected chi connectivity index (χ0v) is 13.7. The highest BCUT2D eigenvalue weighted by molar-refractivity contribution is 7.81. The number of nitrogens with two attached hydrogens (primary N) is 1. The van der Waals surface area contributed by atoms with Gasteiger partial charge in [0.05, 0.1) is 22.1 Å². The molecule has 110 valence electrons. The molecule has 0 atom stereocenters. The first-order valence-corrected chi connectivity index (χ1v) is 8.12. The van der Waals surface area contributed by atoms with E-state index in [1.807, 2.05) is 0 Å². The highest BCUT2D eigenvalue weighted by atomic mass is 32.1. The predicted molar refractivity (Wildman–Crippen MR) is 92.6 cm³/mol. The van der Waals surface area contributed by atoms with Gasteiger partial charge in [-0.2, -0.15) is 5.26 Å². The van der Waals surface area contributed by atoms with Crippen LogP contribution in [0.2, 0.25) is 0 Å². The molecule has 1 heterocycles. The van der Waals surface area contributed by atoms with E-state index >= 15 is 0 Å². The van der Waals surface area contributed by atoms with Crippen molar-refractivity contribution in [2.45, 2.75) is 19.8 Å².